The third kappa shape index (κ3) is 2.26. The van der Waals surface area contributed by atoms with Crippen molar-refractivity contribution in [3.8, 4) is 10.6 Å². The monoisotopic (exact) mass is 264 g/mol. The lowest BCUT2D eigenvalue weighted by Gasteiger charge is -2.07. The van der Waals surface area contributed by atoms with Crippen LogP contribution >= 0.6 is 11.3 Å². The molecule has 0 bridgehead atoms. The standard InChI is InChI=1S/C13H13FN2OS/c1-8-11(13(17)16(2)3)18-12(15-8)9-6-4-5-7-10(9)14/h4-7H,1-3H3. The quantitative estimate of drug-likeness (QED) is 0.835. The number of amides is 1. The predicted octanol–water partition coefficient (Wildman–Crippen LogP) is 2.96. The fraction of sp³-hybridized carbons (Fsp3) is 0.231. The van der Waals surface area contributed by atoms with Crippen LogP contribution in [0.2, 0.25) is 0 Å². The molecule has 0 saturated heterocycles. The summed E-state index contributed by atoms with van der Waals surface area (Å²) >= 11 is 1.22. The Balaban J connectivity index is 2.47. The number of halogens is 1. The van der Waals surface area contributed by atoms with Crippen LogP contribution in [0.1, 0.15) is 15.4 Å². The lowest BCUT2D eigenvalue weighted by atomic mass is 10.2. The van der Waals surface area contributed by atoms with E-state index >= 15 is 0 Å². The fourth-order valence-electron chi connectivity index (χ4n) is 1.55. The van der Waals surface area contributed by atoms with E-state index in [1.807, 2.05) is 0 Å². The van der Waals surface area contributed by atoms with Crippen LogP contribution < -0.4 is 0 Å². The molecule has 0 spiro atoms. The van der Waals surface area contributed by atoms with Crippen molar-refractivity contribution in [1.82, 2.24) is 9.88 Å². The summed E-state index contributed by atoms with van der Waals surface area (Å²) in [5, 5.41) is 0.538. The number of carbonyl (C=O) groups is 1. The van der Waals surface area contributed by atoms with Crippen molar-refractivity contribution in [2.45, 2.75) is 6.92 Å². The van der Waals surface area contributed by atoms with Gasteiger partial charge in [0, 0.05) is 19.7 Å². The van der Waals surface area contributed by atoms with Crippen molar-refractivity contribution >= 4 is 17.2 Å². The van der Waals surface area contributed by atoms with Gasteiger partial charge in [0.05, 0.1) is 5.69 Å². The van der Waals surface area contributed by atoms with Crippen LogP contribution in [0, 0.1) is 12.7 Å². The first-order chi connectivity index (χ1) is 8.50. The average molecular weight is 264 g/mol. The summed E-state index contributed by atoms with van der Waals surface area (Å²) in [6, 6.07) is 6.44. The first-order valence-corrected chi connectivity index (χ1v) is 6.26. The van der Waals surface area contributed by atoms with E-state index in [4.69, 9.17) is 0 Å². The zero-order valence-corrected chi connectivity index (χ0v) is 11.2. The van der Waals surface area contributed by atoms with Gasteiger partial charge in [0.2, 0.25) is 0 Å². The molecule has 0 atom stereocenters. The van der Waals surface area contributed by atoms with Crippen molar-refractivity contribution < 1.29 is 9.18 Å². The molecule has 0 N–H and O–H groups in total. The Bertz CT molecular complexity index is 592. The van der Waals surface area contributed by atoms with Crippen molar-refractivity contribution in [2.75, 3.05) is 14.1 Å². The van der Waals surface area contributed by atoms with Crippen molar-refractivity contribution in [3.05, 3.63) is 40.7 Å². The number of aryl methyl sites for hydroxylation is 1. The molecular formula is C13H13FN2OS. The highest BCUT2D eigenvalue weighted by Crippen LogP contribution is 2.30. The van der Waals surface area contributed by atoms with E-state index in [0.29, 0.717) is 21.1 Å². The maximum Gasteiger partial charge on any atom is 0.265 e. The third-order valence-electron chi connectivity index (χ3n) is 2.50. The van der Waals surface area contributed by atoms with Gasteiger partial charge in [-0.05, 0) is 19.1 Å². The molecule has 0 saturated carbocycles. The van der Waals surface area contributed by atoms with E-state index in [1.54, 1.807) is 39.2 Å². The largest absolute Gasteiger partial charge is 0.344 e. The SMILES string of the molecule is Cc1nc(-c2ccccc2F)sc1C(=O)N(C)C. The van der Waals surface area contributed by atoms with Crippen molar-refractivity contribution in [3.63, 3.8) is 0 Å². The van der Waals surface area contributed by atoms with Gasteiger partial charge in [-0.15, -0.1) is 11.3 Å². The summed E-state index contributed by atoms with van der Waals surface area (Å²) in [6.07, 6.45) is 0. The molecule has 1 aromatic heterocycles. The number of nitrogens with zero attached hydrogens (tertiary/aromatic N) is 2. The molecule has 0 aliphatic carbocycles. The molecule has 0 radical (unpaired) electrons. The zero-order valence-electron chi connectivity index (χ0n) is 10.4. The molecule has 0 aliphatic rings. The Morgan fingerprint density at radius 1 is 1.33 bits per heavy atom. The summed E-state index contributed by atoms with van der Waals surface area (Å²) in [4.78, 5) is 18.2. The summed E-state index contributed by atoms with van der Waals surface area (Å²) in [5.41, 5.74) is 1.07. The van der Waals surface area contributed by atoms with Crippen LogP contribution in [0.15, 0.2) is 24.3 Å². The highest BCUT2D eigenvalue weighted by Gasteiger charge is 2.18. The topological polar surface area (TPSA) is 33.2 Å². The smallest absolute Gasteiger partial charge is 0.265 e. The van der Waals surface area contributed by atoms with Gasteiger partial charge in [0.1, 0.15) is 15.7 Å². The average Bonchev–Trinajstić information content (AvgIpc) is 2.70. The van der Waals surface area contributed by atoms with E-state index in [1.165, 1.54) is 22.3 Å². The van der Waals surface area contributed by atoms with Gasteiger partial charge in [0.25, 0.3) is 5.91 Å². The van der Waals surface area contributed by atoms with Gasteiger partial charge < -0.3 is 4.90 Å². The molecule has 2 rings (SSSR count). The molecule has 5 heteroatoms. The molecule has 0 fully saturated rings. The summed E-state index contributed by atoms with van der Waals surface area (Å²) in [5.74, 6) is -0.428. The van der Waals surface area contributed by atoms with Crippen molar-refractivity contribution in [1.29, 1.82) is 0 Å². The van der Waals surface area contributed by atoms with Crippen LogP contribution in [-0.4, -0.2) is 29.9 Å². The number of thiazole rings is 1. The van der Waals surface area contributed by atoms with Crippen molar-refractivity contribution in [2.24, 2.45) is 0 Å². The van der Waals surface area contributed by atoms with Crippen LogP contribution in [0.3, 0.4) is 0 Å². The Hall–Kier alpha value is -1.75. The fourth-order valence-corrected chi connectivity index (χ4v) is 2.66. The molecule has 1 aromatic carbocycles. The van der Waals surface area contributed by atoms with Crippen LogP contribution in [0.25, 0.3) is 10.6 Å². The van der Waals surface area contributed by atoms with E-state index in [-0.39, 0.29) is 11.7 Å². The van der Waals surface area contributed by atoms with Crippen LogP contribution in [0.5, 0.6) is 0 Å². The van der Waals surface area contributed by atoms with Gasteiger partial charge in [-0.2, -0.15) is 0 Å². The second-order valence-electron chi connectivity index (χ2n) is 4.11. The number of benzene rings is 1. The maximum absolute atomic E-state index is 13.6. The van der Waals surface area contributed by atoms with Gasteiger partial charge in [0.15, 0.2) is 0 Å². The molecule has 18 heavy (non-hydrogen) atoms. The van der Waals surface area contributed by atoms with E-state index in [9.17, 15) is 9.18 Å². The Kier molecular flexibility index (Phi) is 3.43. The molecule has 3 nitrogen and oxygen atoms in total. The predicted molar refractivity (Wildman–Crippen MR) is 70.3 cm³/mol. The van der Waals surface area contributed by atoms with Gasteiger partial charge in [-0.25, -0.2) is 9.37 Å². The van der Waals surface area contributed by atoms with Crippen LogP contribution in [0.4, 0.5) is 4.39 Å². The minimum absolute atomic E-state index is 0.104. The summed E-state index contributed by atoms with van der Waals surface area (Å²) in [7, 11) is 3.37. The molecule has 0 aliphatic heterocycles. The third-order valence-corrected chi connectivity index (χ3v) is 3.68. The number of carbonyl (C=O) groups excluding carboxylic acids is 1. The van der Waals surface area contributed by atoms with E-state index < -0.39 is 0 Å². The normalized spacial score (nSPS) is 10.4. The molecule has 1 amide bonds. The lowest BCUT2D eigenvalue weighted by Crippen LogP contribution is -2.21. The van der Waals surface area contributed by atoms with Gasteiger partial charge in [-0.1, -0.05) is 12.1 Å². The molecular weight excluding hydrogens is 251 g/mol. The summed E-state index contributed by atoms with van der Waals surface area (Å²) in [6.45, 7) is 1.76. The Labute approximate surface area is 109 Å². The van der Waals surface area contributed by atoms with Gasteiger partial charge in [-0.3, -0.25) is 4.79 Å². The van der Waals surface area contributed by atoms with Gasteiger partial charge >= 0.3 is 0 Å². The Morgan fingerprint density at radius 3 is 2.61 bits per heavy atom. The highest BCUT2D eigenvalue weighted by molar-refractivity contribution is 7.17. The molecule has 1 heterocycles. The highest BCUT2D eigenvalue weighted by atomic mass is 32.1. The first kappa shape index (κ1) is 12.7. The number of rotatable bonds is 2. The second kappa shape index (κ2) is 4.86. The molecule has 2 aromatic rings. The lowest BCUT2D eigenvalue weighted by molar-refractivity contribution is 0.0831. The zero-order chi connectivity index (χ0) is 13.3. The number of hydrogen-bond acceptors (Lipinski definition) is 3. The van der Waals surface area contributed by atoms with E-state index in [0.717, 1.165) is 0 Å². The minimum atomic E-state index is -0.324. The second-order valence-corrected chi connectivity index (χ2v) is 5.11. The molecule has 0 unspecified atom stereocenters. The first-order valence-electron chi connectivity index (χ1n) is 5.44. The summed E-state index contributed by atoms with van der Waals surface area (Å²) < 4.78 is 13.6. The van der Waals surface area contributed by atoms with E-state index in [2.05, 4.69) is 4.98 Å². The maximum atomic E-state index is 13.6. The molecule has 94 valence electrons. The Morgan fingerprint density at radius 2 is 2.00 bits per heavy atom. The number of aromatic nitrogens is 1. The minimum Gasteiger partial charge on any atom is -0.344 e. The number of hydrogen-bond donors (Lipinski definition) is 0. The van der Waals surface area contributed by atoms with Crippen LogP contribution in [-0.2, 0) is 0 Å².